The van der Waals surface area contributed by atoms with Crippen molar-refractivity contribution >= 4 is 29.9 Å². The van der Waals surface area contributed by atoms with Gasteiger partial charge in [-0.3, -0.25) is 4.79 Å². The topological polar surface area (TPSA) is 23.6 Å². The van der Waals surface area contributed by atoms with E-state index in [0.29, 0.717) is 0 Å². The summed E-state index contributed by atoms with van der Waals surface area (Å²) in [7, 11) is 15.8. The monoisotopic (exact) mass is 768 g/mol. The molecular weight excluding hydrogens is 695 g/mol. The molecular formula is C51H72BN4O+2. The van der Waals surface area contributed by atoms with Gasteiger partial charge >= 0.3 is 0 Å². The zero-order valence-corrected chi connectivity index (χ0v) is 37.4. The summed E-state index contributed by atoms with van der Waals surface area (Å²) in [5, 5.41) is 0. The van der Waals surface area contributed by atoms with Gasteiger partial charge in [0.1, 0.15) is 0 Å². The summed E-state index contributed by atoms with van der Waals surface area (Å²) in [5.74, 6) is 0.198. The van der Waals surface area contributed by atoms with Gasteiger partial charge in [-0.2, -0.15) is 0 Å². The van der Waals surface area contributed by atoms with Crippen molar-refractivity contribution in [3.63, 3.8) is 0 Å². The second-order valence-corrected chi connectivity index (χ2v) is 19.4. The number of rotatable bonds is 14. The number of para-hydroxylation sites is 2. The van der Waals surface area contributed by atoms with Gasteiger partial charge in [-0.1, -0.05) is 138 Å². The summed E-state index contributed by atoms with van der Waals surface area (Å²) in [4.78, 5) is 18.8. The van der Waals surface area contributed by atoms with E-state index in [2.05, 4.69) is 197 Å². The molecule has 1 aliphatic carbocycles. The van der Waals surface area contributed by atoms with Gasteiger partial charge < -0.3 is 18.8 Å². The minimum atomic E-state index is -0.118. The number of hydrogen-bond acceptors (Lipinski definition) is 3. The number of Topliss-reactive ketones (excluding diaryl/α,β-unsaturated/α-hetero) is 1. The van der Waals surface area contributed by atoms with Crippen LogP contribution in [0.1, 0.15) is 84.3 Å². The number of quaternary nitrogens is 2. The number of unbranched alkanes of at least 4 members (excludes halogenated alkanes) is 1. The van der Waals surface area contributed by atoms with E-state index in [9.17, 15) is 4.79 Å². The van der Waals surface area contributed by atoms with Crippen molar-refractivity contribution in [2.75, 3.05) is 78.3 Å². The molecule has 0 unspecified atom stereocenters. The highest BCUT2D eigenvalue weighted by Gasteiger charge is 2.41. The fourth-order valence-corrected chi connectivity index (χ4v) is 8.61. The molecule has 0 saturated heterocycles. The third-order valence-corrected chi connectivity index (χ3v) is 11.9. The van der Waals surface area contributed by atoms with Crippen LogP contribution in [0.4, 0.5) is 11.4 Å². The third-order valence-electron chi connectivity index (χ3n) is 11.9. The maximum Gasteiger partial charge on any atom is 0.185 e. The van der Waals surface area contributed by atoms with E-state index in [1.54, 1.807) is 0 Å². The van der Waals surface area contributed by atoms with Crippen LogP contribution in [0.25, 0.3) is 0 Å². The van der Waals surface area contributed by atoms with E-state index in [-0.39, 0.29) is 16.6 Å². The molecule has 0 spiro atoms. The van der Waals surface area contributed by atoms with Crippen molar-refractivity contribution in [3.05, 3.63) is 137 Å². The summed E-state index contributed by atoms with van der Waals surface area (Å²) in [5.41, 5.74) is 10.8. The number of nitrogens with zero attached hydrogens (tertiary/aromatic N) is 4. The van der Waals surface area contributed by atoms with E-state index < -0.39 is 0 Å². The molecule has 0 bridgehead atoms. The molecule has 5 nitrogen and oxygen atoms in total. The van der Waals surface area contributed by atoms with Crippen LogP contribution >= 0.6 is 0 Å². The van der Waals surface area contributed by atoms with Crippen LogP contribution < -0.4 is 15.3 Å². The van der Waals surface area contributed by atoms with Crippen molar-refractivity contribution in [1.29, 1.82) is 0 Å². The smallest absolute Gasteiger partial charge is 0.185 e. The molecule has 2 aliphatic heterocycles. The first-order chi connectivity index (χ1) is 26.9. The molecule has 0 atom stereocenters. The predicted molar refractivity (Wildman–Crippen MR) is 247 cm³/mol. The largest absolute Gasteiger partial charge is 0.344 e. The molecule has 3 aromatic rings. The lowest BCUT2D eigenvalue weighted by atomic mass is 9.66. The molecule has 3 aliphatic rings. The highest BCUT2D eigenvalue weighted by atomic mass is 16.1. The Morgan fingerprint density at radius 1 is 0.596 bits per heavy atom. The molecule has 6 heteroatoms. The van der Waals surface area contributed by atoms with Gasteiger partial charge in [0.15, 0.2) is 13.1 Å². The normalized spacial score (nSPS) is 20.0. The highest BCUT2D eigenvalue weighted by molar-refractivity contribution is 6.53. The fourth-order valence-electron chi connectivity index (χ4n) is 8.61. The van der Waals surface area contributed by atoms with Gasteiger partial charge in [-0.05, 0) is 48.3 Å². The number of carbonyl (C=O) groups is 1. The first-order valence-corrected chi connectivity index (χ1v) is 21.5. The standard InChI is InChI=1S/C41H58N4O.C10H14B/c1-40(2)33-17-11-13-19-35(33)42(27-15-29-44(5,6)7)37(40)25-23-31-21-22-32(39(31)46)24-26-38-41(3,4)34-18-12-14-20-36(34)43(38)28-16-30-45(8,9)10;1-2-3-9-11-10-7-5-4-6-8-10/h11-14,17-20,23-26H,15-16,21-22,27-30H2,1-10H3;4-8H,2-3,9H2,1H3/q+2;. The van der Waals surface area contributed by atoms with E-state index in [1.165, 1.54) is 58.5 Å². The molecule has 0 N–H and O–H groups in total. The van der Waals surface area contributed by atoms with Crippen LogP contribution in [0.15, 0.2) is 126 Å². The van der Waals surface area contributed by atoms with Gasteiger partial charge in [0.25, 0.3) is 0 Å². The molecule has 303 valence electrons. The average Bonchev–Trinajstić information content (AvgIpc) is 3.69. The summed E-state index contributed by atoms with van der Waals surface area (Å²) < 4.78 is 1.91. The number of benzene rings is 3. The molecule has 1 fully saturated rings. The van der Waals surface area contributed by atoms with Gasteiger partial charge in [0.2, 0.25) is 0 Å². The number of fused-ring (bicyclic) bond motifs is 2. The van der Waals surface area contributed by atoms with Gasteiger partial charge in [0, 0.05) is 70.7 Å². The van der Waals surface area contributed by atoms with E-state index >= 15 is 0 Å². The average molecular weight is 768 g/mol. The number of ketones is 1. The van der Waals surface area contributed by atoms with Crippen LogP contribution in [-0.2, 0) is 15.6 Å². The number of anilines is 2. The summed E-state index contributed by atoms with van der Waals surface area (Å²) >= 11 is 0. The maximum atomic E-state index is 13.8. The Hall–Kier alpha value is -4.13. The Morgan fingerprint density at radius 3 is 1.44 bits per heavy atom. The molecule has 1 radical (unpaired) electrons. The molecule has 0 amide bonds. The quantitative estimate of drug-likeness (QED) is 0.0707. The second kappa shape index (κ2) is 18.6. The fraction of sp³-hybridized carbons (Fsp3) is 0.471. The van der Waals surface area contributed by atoms with Crippen molar-refractivity contribution < 1.29 is 13.8 Å². The zero-order chi connectivity index (χ0) is 41.4. The SMILES string of the molecule is CC1(C)C(=CC=C2CCC(=CC=C3N(CCC[N+](C)(C)C)c4ccccc4C3(C)C)C2=O)N(CCC[N+](C)(C)C)c2ccccc21.CCCC[B]c1ccccc1. The van der Waals surface area contributed by atoms with Crippen LogP contribution in [0, 0.1) is 0 Å². The molecule has 57 heavy (non-hydrogen) atoms. The summed E-state index contributed by atoms with van der Waals surface area (Å²) in [6.07, 6.45) is 16.3. The second-order valence-electron chi connectivity index (χ2n) is 19.4. The minimum Gasteiger partial charge on any atom is -0.344 e. The number of carbonyl (C=O) groups excluding carboxylic acids is 1. The van der Waals surface area contributed by atoms with Gasteiger partial charge in [-0.25, -0.2) is 0 Å². The number of hydrogen-bond donors (Lipinski definition) is 0. The number of allylic oxidation sites excluding steroid dienone is 8. The third kappa shape index (κ3) is 11.1. The lowest BCUT2D eigenvalue weighted by Crippen LogP contribution is -2.37. The van der Waals surface area contributed by atoms with E-state index in [1.807, 2.05) is 0 Å². The summed E-state index contributed by atoms with van der Waals surface area (Å²) in [6, 6.07) is 28.1. The molecule has 6 rings (SSSR count). The zero-order valence-electron chi connectivity index (χ0n) is 37.4. The Bertz CT molecular complexity index is 1840. The van der Waals surface area contributed by atoms with Crippen molar-refractivity contribution in [3.8, 4) is 0 Å². The Balaban J connectivity index is 0.000000486. The first kappa shape index (κ1) is 44.0. The van der Waals surface area contributed by atoms with Crippen LogP contribution in [0.5, 0.6) is 0 Å². The summed E-state index contributed by atoms with van der Waals surface area (Å²) in [6.45, 7) is 15.7. The minimum absolute atomic E-state index is 0.118. The predicted octanol–water partition coefficient (Wildman–Crippen LogP) is 9.99. The van der Waals surface area contributed by atoms with Crippen LogP contribution in [0.2, 0.25) is 6.32 Å². The van der Waals surface area contributed by atoms with Crippen molar-refractivity contribution in [2.24, 2.45) is 0 Å². The molecule has 1 saturated carbocycles. The lowest BCUT2D eigenvalue weighted by Gasteiger charge is -2.29. The molecule has 3 aromatic carbocycles. The molecule has 2 heterocycles. The maximum absolute atomic E-state index is 13.8. The Morgan fingerprint density at radius 2 is 1.02 bits per heavy atom. The Kier molecular flexibility index (Phi) is 14.4. The lowest BCUT2D eigenvalue weighted by molar-refractivity contribution is -0.870. The Labute approximate surface area is 347 Å². The molecule has 0 aromatic heterocycles. The van der Waals surface area contributed by atoms with Crippen molar-refractivity contribution in [2.45, 2.75) is 90.3 Å². The van der Waals surface area contributed by atoms with E-state index in [0.717, 1.165) is 72.0 Å². The first-order valence-electron chi connectivity index (χ1n) is 21.5. The van der Waals surface area contributed by atoms with Crippen molar-refractivity contribution in [1.82, 2.24) is 0 Å². The van der Waals surface area contributed by atoms with E-state index in [4.69, 9.17) is 0 Å². The van der Waals surface area contributed by atoms with Crippen LogP contribution in [0.3, 0.4) is 0 Å². The van der Waals surface area contributed by atoms with Gasteiger partial charge in [-0.15, -0.1) is 0 Å². The van der Waals surface area contributed by atoms with Crippen LogP contribution in [-0.4, -0.2) is 90.5 Å². The highest BCUT2D eigenvalue weighted by Crippen LogP contribution is 2.49. The van der Waals surface area contributed by atoms with Gasteiger partial charge in [0.05, 0.1) is 55.4 Å².